The maximum Gasteiger partial charge on any atom is 0.260 e. The first kappa shape index (κ1) is 25.2. The standard InChI is InChI=1S/C25H30N4O4S/c1-25(2,3)21-14-18(20-15-26-24(29(4)5)27-23(20)30)13-17(22(21)33-6)10-7-16-8-11-19(12-9-16)28-34(31)32/h7-15,28H,1-6H3,(H,31,32)(H,26,27,30)/p-1. The topological polar surface area (TPSA) is 110 Å². The van der Waals surface area contributed by atoms with E-state index in [2.05, 4.69) is 35.5 Å². The second-order valence-corrected chi connectivity index (χ2v) is 9.71. The predicted octanol–water partition coefficient (Wildman–Crippen LogP) is 4.19. The molecule has 0 fully saturated rings. The summed E-state index contributed by atoms with van der Waals surface area (Å²) in [5.74, 6) is 1.21. The lowest BCUT2D eigenvalue weighted by Crippen LogP contribution is -2.20. The van der Waals surface area contributed by atoms with Gasteiger partial charge < -0.3 is 18.9 Å². The van der Waals surface area contributed by atoms with Crippen molar-refractivity contribution in [3.63, 3.8) is 0 Å². The third-order valence-electron chi connectivity index (χ3n) is 5.22. The third kappa shape index (κ3) is 5.92. The largest absolute Gasteiger partial charge is 0.755 e. The predicted molar refractivity (Wildman–Crippen MR) is 138 cm³/mol. The smallest absolute Gasteiger partial charge is 0.260 e. The molecule has 2 aromatic carbocycles. The molecule has 2 N–H and O–H groups in total. The summed E-state index contributed by atoms with van der Waals surface area (Å²) >= 11 is -2.37. The lowest BCUT2D eigenvalue weighted by atomic mass is 9.83. The van der Waals surface area contributed by atoms with Crippen molar-refractivity contribution in [1.82, 2.24) is 9.97 Å². The number of aromatic amines is 1. The van der Waals surface area contributed by atoms with E-state index in [0.29, 0.717) is 17.2 Å². The van der Waals surface area contributed by atoms with Gasteiger partial charge >= 0.3 is 0 Å². The summed E-state index contributed by atoms with van der Waals surface area (Å²) in [6.45, 7) is 6.27. The Kier molecular flexibility index (Phi) is 7.58. The highest BCUT2D eigenvalue weighted by Crippen LogP contribution is 2.38. The number of methoxy groups -OCH3 is 1. The van der Waals surface area contributed by atoms with E-state index >= 15 is 0 Å². The molecular formula is C25H29N4O4S-. The van der Waals surface area contributed by atoms with Crippen molar-refractivity contribution < 1.29 is 13.5 Å². The molecule has 9 heteroatoms. The number of hydrogen-bond donors (Lipinski definition) is 2. The Morgan fingerprint density at radius 1 is 1.15 bits per heavy atom. The fraction of sp³-hybridized carbons (Fsp3) is 0.280. The lowest BCUT2D eigenvalue weighted by Gasteiger charge is -2.24. The highest BCUT2D eigenvalue weighted by atomic mass is 32.2. The zero-order chi connectivity index (χ0) is 25.0. The SMILES string of the molecule is COc1c(C=Cc2ccc(NS(=O)[O-])cc2)cc(-c2cnc(N(C)C)[nH]c2=O)cc1C(C)(C)C. The van der Waals surface area contributed by atoms with Crippen LogP contribution >= 0.6 is 0 Å². The van der Waals surface area contributed by atoms with Crippen LogP contribution in [0.15, 0.2) is 47.4 Å². The number of rotatable bonds is 7. The molecule has 0 radical (unpaired) electrons. The molecule has 8 nitrogen and oxygen atoms in total. The number of hydrogen-bond acceptors (Lipinski definition) is 6. The molecular weight excluding hydrogens is 452 g/mol. The molecule has 0 aliphatic heterocycles. The average molecular weight is 482 g/mol. The number of anilines is 2. The van der Waals surface area contributed by atoms with E-state index in [1.807, 2.05) is 38.4 Å². The molecule has 0 aliphatic rings. The second-order valence-electron chi connectivity index (χ2n) is 9.03. The molecule has 3 aromatic rings. The Hall–Kier alpha value is -3.43. The first-order chi connectivity index (χ1) is 16.0. The molecule has 180 valence electrons. The first-order valence-electron chi connectivity index (χ1n) is 10.6. The van der Waals surface area contributed by atoms with Gasteiger partial charge in [0, 0.05) is 48.4 Å². The van der Waals surface area contributed by atoms with Gasteiger partial charge in [-0.3, -0.25) is 14.0 Å². The molecule has 0 amide bonds. The maximum absolute atomic E-state index is 12.8. The summed E-state index contributed by atoms with van der Waals surface area (Å²) in [5.41, 5.74) is 3.86. The molecule has 0 saturated heterocycles. The molecule has 0 bridgehead atoms. The van der Waals surface area contributed by atoms with E-state index in [9.17, 15) is 13.6 Å². The van der Waals surface area contributed by atoms with Gasteiger partial charge in [-0.25, -0.2) is 4.98 Å². The van der Waals surface area contributed by atoms with Crippen LogP contribution in [0, 0.1) is 0 Å². The lowest BCUT2D eigenvalue weighted by molar-refractivity contribution is 0.397. The fourth-order valence-electron chi connectivity index (χ4n) is 3.48. The summed E-state index contributed by atoms with van der Waals surface area (Å²) in [6, 6.07) is 10.9. The van der Waals surface area contributed by atoms with Gasteiger partial charge in [0.25, 0.3) is 5.56 Å². The average Bonchev–Trinajstić information content (AvgIpc) is 2.76. The molecule has 3 rings (SSSR count). The van der Waals surface area contributed by atoms with Crippen LogP contribution < -0.4 is 19.9 Å². The van der Waals surface area contributed by atoms with Crippen molar-refractivity contribution in [3.05, 3.63) is 69.6 Å². The molecule has 1 atom stereocenters. The van der Waals surface area contributed by atoms with E-state index in [4.69, 9.17) is 4.74 Å². The van der Waals surface area contributed by atoms with Crippen LogP contribution in [0.1, 0.15) is 37.5 Å². The zero-order valence-corrected chi connectivity index (χ0v) is 20.9. The monoisotopic (exact) mass is 481 g/mol. The van der Waals surface area contributed by atoms with Gasteiger partial charge in [-0.05, 0) is 40.8 Å². The second kappa shape index (κ2) is 10.2. The zero-order valence-electron chi connectivity index (χ0n) is 20.1. The molecule has 34 heavy (non-hydrogen) atoms. The Balaban J connectivity index is 2.10. The highest BCUT2D eigenvalue weighted by Gasteiger charge is 2.23. The number of nitrogens with zero attached hydrogens (tertiary/aromatic N) is 2. The van der Waals surface area contributed by atoms with E-state index in [-0.39, 0.29) is 11.0 Å². The van der Waals surface area contributed by atoms with Crippen molar-refractivity contribution in [2.45, 2.75) is 26.2 Å². The molecule has 0 aliphatic carbocycles. The van der Waals surface area contributed by atoms with Crippen molar-refractivity contribution in [2.24, 2.45) is 0 Å². The van der Waals surface area contributed by atoms with Gasteiger partial charge in [0.05, 0.1) is 12.7 Å². The van der Waals surface area contributed by atoms with E-state index in [0.717, 1.165) is 28.0 Å². The molecule has 0 spiro atoms. The fourth-order valence-corrected chi connectivity index (χ4v) is 3.81. The van der Waals surface area contributed by atoms with Crippen molar-refractivity contribution in [2.75, 3.05) is 30.8 Å². The van der Waals surface area contributed by atoms with Crippen LogP contribution in [0.25, 0.3) is 23.3 Å². The van der Waals surface area contributed by atoms with Crippen LogP contribution in [0.5, 0.6) is 5.75 Å². The Bertz CT molecular complexity index is 1280. The van der Waals surface area contributed by atoms with Gasteiger partial charge in [0.1, 0.15) is 5.75 Å². The minimum atomic E-state index is -2.37. The van der Waals surface area contributed by atoms with E-state index in [1.165, 1.54) is 0 Å². The Morgan fingerprint density at radius 3 is 2.35 bits per heavy atom. The van der Waals surface area contributed by atoms with Crippen molar-refractivity contribution in [1.29, 1.82) is 0 Å². The minimum absolute atomic E-state index is 0.225. The Morgan fingerprint density at radius 2 is 1.82 bits per heavy atom. The quantitative estimate of drug-likeness (QED) is 0.387. The van der Waals surface area contributed by atoms with E-state index in [1.54, 1.807) is 42.5 Å². The molecule has 1 heterocycles. The van der Waals surface area contributed by atoms with Gasteiger partial charge in [0.2, 0.25) is 5.95 Å². The van der Waals surface area contributed by atoms with Crippen LogP contribution in [0.3, 0.4) is 0 Å². The van der Waals surface area contributed by atoms with Crippen molar-refractivity contribution >= 4 is 35.1 Å². The minimum Gasteiger partial charge on any atom is -0.755 e. The van der Waals surface area contributed by atoms with Crippen LogP contribution in [-0.2, 0) is 16.7 Å². The number of nitrogens with one attached hydrogen (secondary N) is 2. The first-order valence-corrected chi connectivity index (χ1v) is 11.7. The summed E-state index contributed by atoms with van der Waals surface area (Å²) in [4.78, 5) is 21.8. The molecule has 1 unspecified atom stereocenters. The number of H-pyrrole nitrogens is 1. The summed E-state index contributed by atoms with van der Waals surface area (Å²) in [5, 5.41) is 0. The van der Waals surface area contributed by atoms with Crippen LogP contribution in [-0.4, -0.2) is 39.9 Å². The molecule has 0 saturated carbocycles. The molecule has 1 aromatic heterocycles. The summed E-state index contributed by atoms with van der Waals surface area (Å²) in [6.07, 6.45) is 5.41. The van der Waals surface area contributed by atoms with Gasteiger partial charge in [0.15, 0.2) is 0 Å². The van der Waals surface area contributed by atoms with Gasteiger partial charge in [-0.2, -0.15) is 0 Å². The van der Waals surface area contributed by atoms with Gasteiger partial charge in [-0.15, -0.1) is 0 Å². The van der Waals surface area contributed by atoms with Gasteiger partial charge in [-0.1, -0.05) is 45.1 Å². The van der Waals surface area contributed by atoms with Crippen LogP contribution in [0.2, 0.25) is 0 Å². The Labute approximate surface area is 202 Å². The summed E-state index contributed by atoms with van der Waals surface area (Å²) < 4.78 is 29.7. The number of ether oxygens (including phenoxy) is 1. The van der Waals surface area contributed by atoms with Crippen molar-refractivity contribution in [3.8, 4) is 16.9 Å². The third-order valence-corrected chi connectivity index (χ3v) is 5.62. The normalized spacial score (nSPS) is 12.6. The summed E-state index contributed by atoms with van der Waals surface area (Å²) in [7, 11) is 5.26. The highest BCUT2D eigenvalue weighted by molar-refractivity contribution is 7.80. The van der Waals surface area contributed by atoms with E-state index < -0.39 is 11.3 Å². The maximum atomic E-state index is 12.8. The van der Waals surface area contributed by atoms with Crippen LogP contribution in [0.4, 0.5) is 11.6 Å². The number of aromatic nitrogens is 2. The number of benzene rings is 2.